The molecule has 2 aromatic rings. The van der Waals surface area contributed by atoms with Gasteiger partial charge in [-0.15, -0.1) is 0 Å². The molecule has 8 nitrogen and oxygen atoms in total. The van der Waals surface area contributed by atoms with E-state index in [1.807, 2.05) is 49.6 Å². The zero-order valence-corrected chi connectivity index (χ0v) is 15.4. The maximum atomic E-state index is 12.2. The highest BCUT2D eigenvalue weighted by atomic mass is 16.5. The van der Waals surface area contributed by atoms with E-state index in [1.54, 1.807) is 6.20 Å². The predicted molar refractivity (Wildman–Crippen MR) is 106 cm³/mol. The molecular formula is C20H19N6O2+. The second-order valence-electron chi connectivity index (χ2n) is 7.03. The highest BCUT2D eigenvalue weighted by Crippen LogP contribution is 2.40. The number of amides is 1. The molecule has 140 valence electrons. The summed E-state index contributed by atoms with van der Waals surface area (Å²) in [5.41, 5.74) is 8.72. The number of hydrogen-bond acceptors (Lipinski definition) is 6. The maximum absolute atomic E-state index is 12.2. The number of carbonyl (C=O) groups is 1. The molecule has 1 aromatic heterocycles. The monoisotopic (exact) mass is 375 g/mol. The molecule has 3 aliphatic rings. The van der Waals surface area contributed by atoms with Gasteiger partial charge in [-0.05, 0) is 36.7 Å². The molecular weight excluding hydrogens is 356 g/mol. The molecule has 0 saturated carbocycles. The Hall–Kier alpha value is -3.52. The number of anilines is 1. The van der Waals surface area contributed by atoms with Crippen LogP contribution in [0.2, 0.25) is 0 Å². The summed E-state index contributed by atoms with van der Waals surface area (Å²) in [6.07, 6.45) is 10.3. The Morgan fingerprint density at radius 1 is 1.29 bits per heavy atom. The zero-order chi connectivity index (χ0) is 19.3. The molecule has 2 N–H and O–H groups in total. The summed E-state index contributed by atoms with van der Waals surface area (Å²) in [7, 11) is 0. The minimum atomic E-state index is -0.513. The second-order valence-corrected chi connectivity index (χ2v) is 7.03. The van der Waals surface area contributed by atoms with E-state index >= 15 is 0 Å². The summed E-state index contributed by atoms with van der Waals surface area (Å²) in [5, 5.41) is 4.09. The lowest BCUT2D eigenvalue weighted by Crippen LogP contribution is -2.50. The fourth-order valence-electron chi connectivity index (χ4n) is 3.74. The average molecular weight is 375 g/mol. The molecule has 28 heavy (non-hydrogen) atoms. The summed E-state index contributed by atoms with van der Waals surface area (Å²) < 4.78 is 5.55. The largest absolute Gasteiger partial charge is 0.361 e. The van der Waals surface area contributed by atoms with Gasteiger partial charge in [0.05, 0.1) is 0 Å². The summed E-state index contributed by atoms with van der Waals surface area (Å²) >= 11 is 0. The minimum Gasteiger partial charge on any atom is -0.361 e. The number of hydrogen-bond donors (Lipinski definition) is 1. The van der Waals surface area contributed by atoms with Crippen molar-refractivity contribution in [2.45, 2.75) is 13.3 Å². The van der Waals surface area contributed by atoms with Gasteiger partial charge in [-0.25, -0.2) is 0 Å². The molecule has 5 rings (SSSR count). The summed E-state index contributed by atoms with van der Waals surface area (Å²) in [6, 6.07) is 5.88. The molecule has 3 aliphatic heterocycles. The van der Waals surface area contributed by atoms with Gasteiger partial charge >= 0.3 is 5.91 Å². The Balaban J connectivity index is 1.63. The molecule has 1 amide bonds. The summed E-state index contributed by atoms with van der Waals surface area (Å²) in [5.74, 6) is 1.25. The molecule has 0 aliphatic carbocycles. The van der Waals surface area contributed by atoms with Crippen LogP contribution in [-0.4, -0.2) is 35.0 Å². The van der Waals surface area contributed by atoms with E-state index in [1.165, 1.54) is 0 Å². The molecule has 4 heterocycles. The van der Waals surface area contributed by atoms with Crippen molar-refractivity contribution >= 4 is 23.4 Å². The number of aryl methyl sites for hydroxylation is 1. The van der Waals surface area contributed by atoms with Crippen LogP contribution in [-0.2, 0) is 4.79 Å². The number of aromatic nitrogens is 2. The Morgan fingerprint density at radius 2 is 2.14 bits per heavy atom. The molecule has 8 heteroatoms. The van der Waals surface area contributed by atoms with Crippen molar-refractivity contribution in [1.82, 2.24) is 14.6 Å². The van der Waals surface area contributed by atoms with Crippen molar-refractivity contribution in [3.05, 3.63) is 60.1 Å². The number of amidine groups is 1. The average Bonchev–Trinajstić information content (AvgIpc) is 3.26. The molecule has 0 spiro atoms. The van der Waals surface area contributed by atoms with Gasteiger partial charge in [-0.3, -0.25) is 4.79 Å². The Bertz CT molecular complexity index is 1110. The van der Waals surface area contributed by atoms with Crippen LogP contribution in [0.5, 0.6) is 0 Å². The van der Waals surface area contributed by atoms with Gasteiger partial charge < -0.3 is 15.2 Å². The standard InChI is InChI=1S/C20H18N6O2/c1-13-6-7-14(19-23-20(24-28-19)25-8-4-9-25)11-15(13)26-10-3-2-5-17(26)22-12-16(26)18(21)27/h2-3,5-7,10-12H,4,8-9H2,1H3,(H-,21,27)/p+1. The third-order valence-corrected chi connectivity index (χ3v) is 5.37. The SMILES string of the molecule is Cc1ccc(-c2nc(N3CCC3)no2)cc1[N+]12C=CC=CC1=NC=C2C(N)=O. The van der Waals surface area contributed by atoms with Crippen molar-refractivity contribution in [3.63, 3.8) is 0 Å². The summed E-state index contributed by atoms with van der Waals surface area (Å²) in [4.78, 5) is 23.2. The maximum Gasteiger partial charge on any atom is 0.305 e. The van der Waals surface area contributed by atoms with Crippen LogP contribution in [0.15, 0.2) is 64.0 Å². The van der Waals surface area contributed by atoms with Crippen molar-refractivity contribution in [1.29, 1.82) is 0 Å². The molecule has 0 bridgehead atoms. The van der Waals surface area contributed by atoms with E-state index in [9.17, 15) is 4.79 Å². The fourth-order valence-corrected chi connectivity index (χ4v) is 3.74. The van der Waals surface area contributed by atoms with Crippen molar-refractivity contribution in [2.24, 2.45) is 10.7 Å². The predicted octanol–water partition coefficient (Wildman–Crippen LogP) is 2.38. The van der Waals surface area contributed by atoms with Crippen LogP contribution < -0.4 is 15.1 Å². The normalized spacial score (nSPS) is 22.5. The lowest BCUT2D eigenvalue weighted by molar-refractivity contribution is -0.115. The number of fused-ring (bicyclic) bond motifs is 1. The number of allylic oxidation sites excluding steroid dienone is 2. The van der Waals surface area contributed by atoms with E-state index in [0.29, 0.717) is 23.4 Å². The highest BCUT2D eigenvalue weighted by molar-refractivity contribution is 6.14. The van der Waals surface area contributed by atoms with E-state index in [2.05, 4.69) is 20.0 Å². The molecule has 1 saturated heterocycles. The number of nitrogens with zero attached hydrogens (tertiary/aromatic N) is 5. The van der Waals surface area contributed by atoms with Crippen molar-refractivity contribution in [3.8, 4) is 11.5 Å². The molecule has 1 aromatic carbocycles. The number of carbonyl (C=O) groups excluding carboxylic acids is 1. The number of nitrogens with two attached hydrogens (primary N) is 1. The minimum absolute atomic E-state index is 0.0542. The van der Waals surface area contributed by atoms with Crippen LogP contribution in [0.25, 0.3) is 11.5 Å². The topological polar surface area (TPSA) is 97.6 Å². The first-order valence-corrected chi connectivity index (χ1v) is 9.13. The number of benzene rings is 1. The molecule has 1 fully saturated rings. The van der Waals surface area contributed by atoms with E-state index in [-0.39, 0.29) is 4.48 Å². The van der Waals surface area contributed by atoms with Gasteiger partial charge in [-0.2, -0.15) is 14.5 Å². The first-order valence-electron chi connectivity index (χ1n) is 9.13. The van der Waals surface area contributed by atoms with Crippen LogP contribution in [0.3, 0.4) is 0 Å². The van der Waals surface area contributed by atoms with Gasteiger partial charge in [0.2, 0.25) is 11.5 Å². The van der Waals surface area contributed by atoms with Crippen LogP contribution >= 0.6 is 0 Å². The third-order valence-electron chi connectivity index (χ3n) is 5.37. The van der Waals surface area contributed by atoms with Crippen molar-refractivity contribution in [2.75, 3.05) is 18.0 Å². The lowest BCUT2D eigenvalue weighted by atomic mass is 10.0. The molecule has 1 unspecified atom stereocenters. The van der Waals surface area contributed by atoms with Gasteiger partial charge in [-0.1, -0.05) is 6.07 Å². The van der Waals surface area contributed by atoms with Gasteiger partial charge in [0.1, 0.15) is 12.4 Å². The van der Waals surface area contributed by atoms with E-state index in [4.69, 9.17) is 10.3 Å². The third kappa shape index (κ3) is 2.28. The van der Waals surface area contributed by atoms with E-state index < -0.39 is 5.91 Å². The smallest absolute Gasteiger partial charge is 0.305 e. The molecule has 0 radical (unpaired) electrons. The Labute approximate surface area is 161 Å². The Morgan fingerprint density at radius 3 is 2.89 bits per heavy atom. The fraction of sp³-hybridized carbons (Fsp3) is 0.200. The van der Waals surface area contributed by atoms with Crippen LogP contribution in [0.4, 0.5) is 11.6 Å². The first kappa shape index (κ1) is 16.6. The number of aliphatic imine (C=N–C) groups is 1. The first-order chi connectivity index (χ1) is 13.6. The van der Waals surface area contributed by atoms with Crippen molar-refractivity contribution < 1.29 is 9.32 Å². The van der Waals surface area contributed by atoms with Crippen LogP contribution in [0.1, 0.15) is 12.0 Å². The number of rotatable bonds is 4. The van der Waals surface area contributed by atoms with E-state index in [0.717, 1.165) is 36.3 Å². The highest BCUT2D eigenvalue weighted by Gasteiger charge is 2.47. The molecule has 1 atom stereocenters. The second kappa shape index (κ2) is 6.00. The number of primary amides is 1. The number of quaternary nitrogens is 1. The van der Waals surface area contributed by atoms with Crippen LogP contribution in [0, 0.1) is 6.92 Å². The quantitative estimate of drug-likeness (QED) is 0.828. The Kier molecular flexibility index (Phi) is 3.56. The summed E-state index contributed by atoms with van der Waals surface area (Å²) in [6.45, 7) is 3.88. The lowest BCUT2D eigenvalue weighted by Gasteiger charge is -2.32. The van der Waals surface area contributed by atoms with Gasteiger partial charge in [0.15, 0.2) is 5.69 Å². The van der Waals surface area contributed by atoms with Gasteiger partial charge in [0, 0.05) is 36.4 Å². The van der Waals surface area contributed by atoms with Gasteiger partial charge in [0.25, 0.3) is 11.8 Å². The zero-order valence-electron chi connectivity index (χ0n) is 15.4.